The first-order valence-corrected chi connectivity index (χ1v) is 14.2. The van der Waals surface area contributed by atoms with Crippen molar-refractivity contribution in [2.75, 3.05) is 5.75 Å². The molecule has 1 aromatic carbocycles. The molecule has 2 aromatic heterocycles. The number of sulfone groups is 1. The molecule has 1 aliphatic rings. The lowest BCUT2D eigenvalue weighted by Gasteiger charge is -2.27. The first-order valence-electron chi connectivity index (χ1n) is 11.7. The Labute approximate surface area is 217 Å². The molecule has 12 heteroatoms. The summed E-state index contributed by atoms with van der Waals surface area (Å²) >= 11 is 1.30. The van der Waals surface area contributed by atoms with Gasteiger partial charge in [0.15, 0.2) is 14.8 Å². The van der Waals surface area contributed by atoms with E-state index >= 15 is 0 Å². The van der Waals surface area contributed by atoms with E-state index in [1.165, 1.54) is 35.7 Å². The minimum absolute atomic E-state index is 0.0153. The highest BCUT2D eigenvalue weighted by Crippen LogP contribution is 2.42. The van der Waals surface area contributed by atoms with E-state index in [-0.39, 0.29) is 35.1 Å². The summed E-state index contributed by atoms with van der Waals surface area (Å²) in [4.78, 5) is 24.8. The predicted octanol–water partition coefficient (Wildman–Crippen LogP) is 4.99. The number of pyridine rings is 1. The number of hydrogen-bond acceptors (Lipinski definition) is 7. The van der Waals surface area contributed by atoms with Crippen molar-refractivity contribution in [3.63, 3.8) is 0 Å². The van der Waals surface area contributed by atoms with Crippen LogP contribution in [0.15, 0.2) is 47.5 Å². The summed E-state index contributed by atoms with van der Waals surface area (Å²) in [5.41, 5.74) is 1.45. The van der Waals surface area contributed by atoms with E-state index in [9.17, 15) is 26.4 Å². The predicted molar refractivity (Wildman–Crippen MR) is 134 cm³/mol. The Morgan fingerprint density at radius 3 is 2.46 bits per heavy atom. The molecular weight excluding hydrogens is 525 g/mol. The maximum absolute atomic E-state index is 12.9. The molecule has 0 radical (unpaired) electrons. The number of nitrogens with zero attached hydrogens (tertiary/aromatic N) is 3. The van der Waals surface area contributed by atoms with Gasteiger partial charge >= 0.3 is 6.18 Å². The number of carbonyl (C=O) groups is 1. The maximum atomic E-state index is 12.9. The van der Waals surface area contributed by atoms with E-state index in [4.69, 9.17) is 0 Å². The SMILES string of the molecule is CCS(=O)(=O)c1ccc(CNC(=O)c2nc3c(s2)CN(Cc2ccc(C(F)(F)F)cc2)[C@H]3C(C)C)nc1. The Kier molecular flexibility index (Phi) is 7.72. The third-order valence-corrected chi connectivity index (χ3v) is 8.98. The summed E-state index contributed by atoms with van der Waals surface area (Å²) in [6.07, 6.45) is -3.08. The molecule has 0 aliphatic carbocycles. The highest BCUT2D eigenvalue weighted by Gasteiger charge is 2.37. The Bertz CT molecular complexity index is 1370. The average molecular weight is 553 g/mol. The van der Waals surface area contributed by atoms with Gasteiger partial charge in [-0.05, 0) is 35.7 Å². The van der Waals surface area contributed by atoms with Crippen LogP contribution in [-0.2, 0) is 35.6 Å². The molecule has 198 valence electrons. The molecule has 37 heavy (non-hydrogen) atoms. The summed E-state index contributed by atoms with van der Waals surface area (Å²) in [5, 5.41) is 3.11. The van der Waals surface area contributed by atoms with Crippen molar-refractivity contribution in [2.24, 2.45) is 5.92 Å². The lowest BCUT2D eigenvalue weighted by atomic mass is 10.0. The normalized spacial score (nSPS) is 16.2. The molecule has 4 rings (SSSR count). The van der Waals surface area contributed by atoms with Crippen molar-refractivity contribution in [3.05, 3.63) is 75.0 Å². The number of hydrogen-bond donors (Lipinski definition) is 1. The number of thiazole rings is 1. The second-order valence-corrected chi connectivity index (χ2v) is 12.5. The Balaban J connectivity index is 1.41. The van der Waals surface area contributed by atoms with E-state index in [0.717, 1.165) is 28.3 Å². The largest absolute Gasteiger partial charge is 0.416 e. The molecular formula is C25H27F3N4O3S2. The van der Waals surface area contributed by atoms with E-state index in [1.54, 1.807) is 13.0 Å². The summed E-state index contributed by atoms with van der Waals surface area (Å²) in [5.74, 6) is -0.183. The minimum atomic E-state index is -4.37. The van der Waals surface area contributed by atoms with Crippen molar-refractivity contribution < 1.29 is 26.4 Å². The van der Waals surface area contributed by atoms with Gasteiger partial charge in [0.05, 0.1) is 40.2 Å². The van der Waals surface area contributed by atoms with E-state index in [2.05, 4.69) is 20.2 Å². The summed E-state index contributed by atoms with van der Waals surface area (Å²) in [6, 6.07) is 8.16. The van der Waals surface area contributed by atoms with Crippen molar-refractivity contribution in [1.29, 1.82) is 0 Å². The third kappa shape index (κ3) is 6.02. The topological polar surface area (TPSA) is 92.3 Å². The van der Waals surface area contributed by atoms with Crippen LogP contribution in [0.5, 0.6) is 0 Å². The summed E-state index contributed by atoms with van der Waals surface area (Å²) < 4.78 is 62.5. The fourth-order valence-corrected chi connectivity index (χ4v) is 6.16. The molecule has 0 bridgehead atoms. The molecule has 0 fully saturated rings. The smallest absolute Gasteiger partial charge is 0.344 e. The minimum Gasteiger partial charge on any atom is -0.344 e. The standard InChI is InChI=1S/C25H27F3N4O3S2/c1-4-37(34,35)19-10-9-18(29-12-19)11-30-23(33)24-31-21-20(36-24)14-32(22(21)15(2)3)13-16-5-7-17(8-6-16)25(26,27)28/h5-10,12,15,22H,4,11,13-14H2,1-3H3,(H,30,33)/t22-/m0/s1. The van der Waals surface area contributed by atoms with Gasteiger partial charge < -0.3 is 5.32 Å². The van der Waals surface area contributed by atoms with Crippen LogP contribution in [0.25, 0.3) is 0 Å². The van der Waals surface area contributed by atoms with Crippen LogP contribution in [0.3, 0.4) is 0 Å². The van der Waals surface area contributed by atoms with Gasteiger partial charge in [0.25, 0.3) is 5.91 Å². The van der Waals surface area contributed by atoms with Crippen LogP contribution >= 0.6 is 11.3 Å². The van der Waals surface area contributed by atoms with Crippen molar-refractivity contribution >= 4 is 27.1 Å². The number of benzene rings is 1. The molecule has 0 spiro atoms. The molecule has 0 saturated carbocycles. The van der Waals surface area contributed by atoms with E-state index in [0.29, 0.717) is 23.8 Å². The average Bonchev–Trinajstić information content (AvgIpc) is 3.40. The number of nitrogens with one attached hydrogen (secondary N) is 1. The molecule has 0 saturated heterocycles. The highest BCUT2D eigenvalue weighted by molar-refractivity contribution is 7.91. The van der Waals surface area contributed by atoms with Gasteiger partial charge in [-0.25, -0.2) is 13.4 Å². The fraction of sp³-hybridized carbons (Fsp3) is 0.400. The van der Waals surface area contributed by atoms with Gasteiger partial charge in [-0.1, -0.05) is 32.9 Å². The van der Waals surface area contributed by atoms with Crippen molar-refractivity contribution in [3.8, 4) is 0 Å². The Hall–Kier alpha value is -2.83. The number of fused-ring (bicyclic) bond motifs is 1. The quantitative estimate of drug-likeness (QED) is 0.423. The van der Waals surface area contributed by atoms with Gasteiger partial charge in [-0.3, -0.25) is 14.7 Å². The molecule has 1 atom stereocenters. The van der Waals surface area contributed by atoms with E-state index < -0.39 is 21.6 Å². The molecule has 3 heterocycles. The van der Waals surface area contributed by atoms with Gasteiger partial charge in [0, 0.05) is 24.2 Å². The van der Waals surface area contributed by atoms with Crippen molar-refractivity contribution in [2.45, 2.75) is 57.5 Å². The number of aromatic nitrogens is 2. The third-order valence-electron chi connectivity index (χ3n) is 6.21. The van der Waals surface area contributed by atoms with Gasteiger partial charge in [-0.15, -0.1) is 11.3 Å². The highest BCUT2D eigenvalue weighted by atomic mass is 32.2. The van der Waals surface area contributed by atoms with Crippen LogP contribution in [0.1, 0.15) is 64.0 Å². The summed E-state index contributed by atoms with van der Waals surface area (Å²) in [7, 11) is -3.34. The second kappa shape index (κ2) is 10.5. The van der Waals surface area contributed by atoms with Crippen LogP contribution in [0, 0.1) is 5.92 Å². The second-order valence-electron chi connectivity index (χ2n) is 9.19. The number of rotatable bonds is 8. The van der Waals surface area contributed by atoms with Gasteiger partial charge in [0.2, 0.25) is 0 Å². The fourth-order valence-electron chi connectivity index (χ4n) is 4.30. The lowest BCUT2D eigenvalue weighted by Crippen LogP contribution is -2.27. The van der Waals surface area contributed by atoms with Crippen LogP contribution in [0.2, 0.25) is 0 Å². The van der Waals surface area contributed by atoms with Crippen molar-refractivity contribution in [1.82, 2.24) is 20.2 Å². The zero-order valence-corrected chi connectivity index (χ0v) is 22.2. The number of carbonyl (C=O) groups excluding carboxylic acids is 1. The number of halogens is 3. The van der Waals surface area contributed by atoms with Crippen LogP contribution < -0.4 is 5.32 Å². The first kappa shape index (κ1) is 27.2. The zero-order valence-electron chi connectivity index (χ0n) is 20.5. The molecule has 0 unspecified atom stereocenters. The number of amides is 1. The summed E-state index contributed by atoms with van der Waals surface area (Å²) in [6.45, 7) is 6.81. The van der Waals surface area contributed by atoms with Gasteiger partial charge in [-0.2, -0.15) is 13.2 Å². The van der Waals surface area contributed by atoms with Crippen LogP contribution in [-0.4, -0.2) is 34.9 Å². The molecule has 1 amide bonds. The van der Waals surface area contributed by atoms with Crippen LogP contribution in [0.4, 0.5) is 13.2 Å². The molecule has 7 nitrogen and oxygen atoms in total. The monoisotopic (exact) mass is 552 g/mol. The lowest BCUT2D eigenvalue weighted by molar-refractivity contribution is -0.137. The Morgan fingerprint density at radius 2 is 1.89 bits per heavy atom. The molecule has 1 aliphatic heterocycles. The molecule has 1 N–H and O–H groups in total. The number of alkyl halides is 3. The maximum Gasteiger partial charge on any atom is 0.416 e. The van der Waals surface area contributed by atoms with Gasteiger partial charge in [0.1, 0.15) is 0 Å². The Morgan fingerprint density at radius 1 is 1.19 bits per heavy atom. The first-order chi connectivity index (χ1) is 17.4. The van der Waals surface area contributed by atoms with E-state index in [1.807, 2.05) is 13.8 Å². The zero-order chi connectivity index (χ0) is 27.0. The molecule has 3 aromatic rings.